The first-order valence-electron chi connectivity index (χ1n) is 9.36. The van der Waals surface area contributed by atoms with Gasteiger partial charge in [0.15, 0.2) is 0 Å². The number of piperidine rings is 1. The Hall–Kier alpha value is -3.06. The van der Waals surface area contributed by atoms with Crippen molar-refractivity contribution in [1.82, 2.24) is 15.2 Å². The number of amides is 1. The van der Waals surface area contributed by atoms with Crippen LogP contribution in [0.1, 0.15) is 12.8 Å². The Bertz CT molecular complexity index is 1140. The molecule has 1 amide bonds. The molecule has 1 saturated heterocycles. The summed E-state index contributed by atoms with van der Waals surface area (Å²) in [6.07, 6.45) is 5.09. The topological polar surface area (TPSA) is 71.0 Å². The van der Waals surface area contributed by atoms with E-state index >= 15 is 0 Å². The molecular formula is C21H19N5OS. The van der Waals surface area contributed by atoms with Crippen LogP contribution in [0.3, 0.4) is 0 Å². The molecule has 0 aliphatic carbocycles. The number of nitrogens with one attached hydrogen (secondary N) is 1. The van der Waals surface area contributed by atoms with E-state index in [4.69, 9.17) is 0 Å². The Morgan fingerprint density at radius 2 is 1.96 bits per heavy atom. The highest BCUT2D eigenvalue weighted by molar-refractivity contribution is 7.16. The summed E-state index contributed by atoms with van der Waals surface area (Å²) < 4.78 is 1.21. The van der Waals surface area contributed by atoms with Crippen molar-refractivity contribution in [3.63, 3.8) is 0 Å². The Morgan fingerprint density at radius 1 is 1.11 bits per heavy atom. The highest BCUT2D eigenvalue weighted by atomic mass is 32.1. The maximum absolute atomic E-state index is 12.8. The van der Waals surface area contributed by atoms with Gasteiger partial charge in [0, 0.05) is 35.5 Å². The quantitative estimate of drug-likeness (QED) is 0.571. The first-order chi connectivity index (χ1) is 13.8. The molecule has 0 radical (unpaired) electrons. The van der Waals surface area contributed by atoms with Crippen LogP contribution in [0.4, 0.5) is 11.4 Å². The molecule has 4 aromatic rings. The van der Waals surface area contributed by atoms with Crippen molar-refractivity contribution >= 4 is 49.6 Å². The molecule has 0 atom stereocenters. The molecule has 140 valence electrons. The second kappa shape index (κ2) is 7.16. The van der Waals surface area contributed by atoms with Crippen LogP contribution in [0.2, 0.25) is 0 Å². The van der Waals surface area contributed by atoms with E-state index in [1.165, 1.54) is 10.4 Å². The van der Waals surface area contributed by atoms with E-state index in [-0.39, 0.29) is 11.8 Å². The monoisotopic (exact) mass is 389 g/mol. The molecule has 1 aliphatic rings. The Kier molecular flexibility index (Phi) is 4.37. The fourth-order valence-corrected chi connectivity index (χ4v) is 4.47. The Balaban J connectivity index is 1.26. The van der Waals surface area contributed by atoms with Crippen molar-refractivity contribution in [2.45, 2.75) is 12.8 Å². The zero-order valence-electron chi connectivity index (χ0n) is 15.2. The van der Waals surface area contributed by atoms with E-state index in [1.807, 2.05) is 23.7 Å². The van der Waals surface area contributed by atoms with Crippen molar-refractivity contribution in [3.8, 4) is 0 Å². The number of nitrogens with zero attached hydrogens (tertiary/aromatic N) is 4. The van der Waals surface area contributed by atoms with E-state index in [1.54, 1.807) is 23.7 Å². The molecule has 2 aromatic heterocycles. The highest BCUT2D eigenvalue weighted by Crippen LogP contribution is 2.29. The summed E-state index contributed by atoms with van der Waals surface area (Å²) in [5.74, 6) is 0.100. The third kappa shape index (κ3) is 3.18. The molecule has 2 aromatic carbocycles. The van der Waals surface area contributed by atoms with E-state index < -0.39 is 0 Å². The van der Waals surface area contributed by atoms with E-state index in [2.05, 4.69) is 43.6 Å². The van der Waals surface area contributed by atoms with E-state index in [0.29, 0.717) is 0 Å². The van der Waals surface area contributed by atoms with Gasteiger partial charge in [0.05, 0.1) is 33.8 Å². The zero-order valence-corrected chi connectivity index (χ0v) is 16.0. The van der Waals surface area contributed by atoms with Gasteiger partial charge < -0.3 is 10.2 Å². The fourth-order valence-electron chi connectivity index (χ4n) is 3.81. The van der Waals surface area contributed by atoms with Crippen LogP contribution in [-0.2, 0) is 4.79 Å². The van der Waals surface area contributed by atoms with Crippen molar-refractivity contribution in [2.24, 2.45) is 5.92 Å². The number of carbonyl (C=O) groups excluding carboxylic acids is 1. The number of rotatable bonds is 3. The highest BCUT2D eigenvalue weighted by Gasteiger charge is 2.25. The van der Waals surface area contributed by atoms with Crippen LogP contribution in [-0.4, -0.2) is 34.2 Å². The molecule has 7 heteroatoms. The summed E-state index contributed by atoms with van der Waals surface area (Å²) in [7, 11) is 0. The summed E-state index contributed by atoms with van der Waals surface area (Å²) in [4.78, 5) is 19.6. The first kappa shape index (κ1) is 17.1. The van der Waals surface area contributed by atoms with Crippen LogP contribution < -0.4 is 10.2 Å². The Labute approximate surface area is 166 Å². The van der Waals surface area contributed by atoms with Crippen LogP contribution in [0.5, 0.6) is 0 Å². The lowest BCUT2D eigenvalue weighted by Crippen LogP contribution is -2.38. The lowest BCUT2D eigenvalue weighted by atomic mass is 9.95. The van der Waals surface area contributed by atoms with Gasteiger partial charge >= 0.3 is 0 Å². The second-order valence-corrected chi connectivity index (χ2v) is 7.94. The normalized spacial score (nSPS) is 15.2. The Morgan fingerprint density at radius 3 is 2.86 bits per heavy atom. The van der Waals surface area contributed by atoms with Gasteiger partial charge in [0.1, 0.15) is 0 Å². The predicted molar refractivity (Wildman–Crippen MR) is 113 cm³/mol. The molecule has 0 bridgehead atoms. The van der Waals surface area contributed by atoms with Crippen LogP contribution >= 0.6 is 11.3 Å². The zero-order chi connectivity index (χ0) is 18.9. The average Bonchev–Trinajstić information content (AvgIpc) is 3.22. The fraction of sp³-hybridized carbons (Fsp3) is 0.238. The van der Waals surface area contributed by atoms with Crippen molar-refractivity contribution in [3.05, 3.63) is 54.3 Å². The number of aromatic nitrogens is 3. The van der Waals surface area contributed by atoms with Gasteiger partial charge in [-0.15, -0.1) is 11.3 Å². The smallest absolute Gasteiger partial charge is 0.227 e. The van der Waals surface area contributed by atoms with Gasteiger partial charge in [-0.05, 0) is 37.1 Å². The minimum Gasteiger partial charge on any atom is -0.371 e. The molecule has 28 heavy (non-hydrogen) atoms. The largest absolute Gasteiger partial charge is 0.371 e. The summed E-state index contributed by atoms with van der Waals surface area (Å²) in [6.45, 7) is 1.74. The first-order valence-corrected chi connectivity index (χ1v) is 10.2. The molecule has 1 fully saturated rings. The lowest BCUT2D eigenvalue weighted by Gasteiger charge is -2.33. The van der Waals surface area contributed by atoms with E-state index in [0.717, 1.165) is 47.9 Å². The minimum atomic E-state index is 0.0179. The van der Waals surface area contributed by atoms with E-state index in [9.17, 15) is 4.79 Å². The summed E-state index contributed by atoms with van der Waals surface area (Å²) in [6, 6.07) is 12.2. The van der Waals surface area contributed by atoms with Crippen molar-refractivity contribution in [1.29, 1.82) is 0 Å². The third-order valence-electron chi connectivity index (χ3n) is 5.39. The van der Waals surface area contributed by atoms with Crippen LogP contribution in [0.25, 0.3) is 21.0 Å². The van der Waals surface area contributed by atoms with Gasteiger partial charge in [-0.25, -0.2) is 4.98 Å². The number of hydrogen-bond acceptors (Lipinski definition) is 6. The number of thiazole rings is 1. The van der Waals surface area contributed by atoms with Gasteiger partial charge in [0.25, 0.3) is 0 Å². The number of carbonyl (C=O) groups is 1. The van der Waals surface area contributed by atoms with Gasteiger partial charge in [-0.3, -0.25) is 4.79 Å². The third-order valence-corrected chi connectivity index (χ3v) is 6.20. The molecule has 0 unspecified atom stereocenters. The molecule has 0 saturated carbocycles. The number of anilines is 2. The van der Waals surface area contributed by atoms with Crippen LogP contribution in [0, 0.1) is 5.92 Å². The molecular weight excluding hydrogens is 370 g/mol. The number of fused-ring (bicyclic) bond motifs is 2. The minimum absolute atomic E-state index is 0.0179. The van der Waals surface area contributed by atoms with Crippen molar-refractivity contribution in [2.75, 3.05) is 23.3 Å². The number of benzene rings is 2. The van der Waals surface area contributed by atoms with Gasteiger partial charge in [-0.2, -0.15) is 10.2 Å². The summed E-state index contributed by atoms with van der Waals surface area (Å²) >= 11 is 1.66. The maximum atomic E-state index is 12.8. The van der Waals surface area contributed by atoms with Crippen LogP contribution in [0.15, 0.2) is 54.3 Å². The molecule has 1 N–H and O–H groups in total. The predicted octanol–water partition coefficient (Wildman–Crippen LogP) is 4.09. The molecule has 6 nitrogen and oxygen atoms in total. The average molecular weight is 389 g/mol. The lowest BCUT2D eigenvalue weighted by molar-refractivity contribution is -0.120. The second-order valence-electron chi connectivity index (χ2n) is 7.05. The molecule has 0 spiro atoms. The summed E-state index contributed by atoms with van der Waals surface area (Å²) in [5, 5.41) is 12.8. The van der Waals surface area contributed by atoms with Gasteiger partial charge in [-0.1, -0.05) is 12.1 Å². The standard InChI is InChI=1S/C21H19N5OS/c27-21(25-18-3-1-2-15-11-23-24-12-17(15)18)14-6-8-26(9-7-14)16-4-5-20-19(10-16)22-13-28-20/h1-5,10-14H,6-9H2,(H,25,27). The summed E-state index contributed by atoms with van der Waals surface area (Å²) in [5.41, 5.74) is 4.91. The number of hydrogen-bond donors (Lipinski definition) is 1. The molecule has 1 aliphatic heterocycles. The SMILES string of the molecule is O=C(Nc1cccc2cnncc12)C1CCN(c2ccc3scnc3c2)CC1. The molecule has 5 rings (SSSR count). The van der Waals surface area contributed by atoms with Gasteiger partial charge in [0.2, 0.25) is 5.91 Å². The van der Waals surface area contributed by atoms with Crippen molar-refractivity contribution < 1.29 is 4.79 Å². The maximum Gasteiger partial charge on any atom is 0.227 e. The molecule has 3 heterocycles.